The van der Waals surface area contributed by atoms with Gasteiger partial charge in [0, 0.05) is 10.2 Å². The Labute approximate surface area is 121 Å². The van der Waals surface area contributed by atoms with Crippen LogP contribution >= 0.6 is 15.9 Å². The number of carbonyl (C=O) groups excluding carboxylic acids is 1. The normalized spacial score (nSPS) is 11.9. The second kappa shape index (κ2) is 5.89. The van der Waals surface area contributed by atoms with Crippen LogP contribution in [-0.2, 0) is 0 Å². The van der Waals surface area contributed by atoms with Gasteiger partial charge in [0.25, 0.3) is 5.91 Å². The Morgan fingerprint density at radius 1 is 1.16 bits per heavy atom. The summed E-state index contributed by atoms with van der Waals surface area (Å²) in [6.45, 7) is 1.94. The van der Waals surface area contributed by atoms with Crippen molar-refractivity contribution < 1.29 is 4.79 Å². The zero-order valence-electron chi connectivity index (χ0n) is 10.6. The van der Waals surface area contributed by atoms with Gasteiger partial charge in [0.2, 0.25) is 0 Å². The number of nitrogen functional groups attached to an aromatic ring is 1. The number of nitrogens with two attached hydrogens (primary N) is 1. The average molecular weight is 319 g/mol. The highest BCUT2D eigenvalue weighted by molar-refractivity contribution is 9.10. The number of nitrogens with one attached hydrogen (secondary N) is 1. The molecule has 0 fully saturated rings. The van der Waals surface area contributed by atoms with Crippen LogP contribution < -0.4 is 11.1 Å². The topological polar surface area (TPSA) is 55.1 Å². The molecule has 4 heteroatoms. The summed E-state index contributed by atoms with van der Waals surface area (Å²) in [6, 6.07) is 14.8. The summed E-state index contributed by atoms with van der Waals surface area (Å²) < 4.78 is 0.976. The lowest BCUT2D eigenvalue weighted by Crippen LogP contribution is -2.27. The van der Waals surface area contributed by atoms with Crippen LogP contribution in [0.1, 0.15) is 28.9 Å². The number of hydrogen-bond donors (Lipinski definition) is 2. The van der Waals surface area contributed by atoms with Crippen molar-refractivity contribution in [3.8, 4) is 0 Å². The van der Waals surface area contributed by atoms with Gasteiger partial charge in [0.05, 0.1) is 11.6 Å². The second-order valence-electron chi connectivity index (χ2n) is 4.30. The second-order valence-corrected chi connectivity index (χ2v) is 5.16. The molecule has 19 heavy (non-hydrogen) atoms. The predicted octanol–water partition coefficient (Wildman–Crippen LogP) is 3.52. The molecule has 2 rings (SSSR count). The fraction of sp³-hybridized carbons (Fsp3) is 0.133. The predicted molar refractivity (Wildman–Crippen MR) is 80.9 cm³/mol. The molecular formula is C15H15BrN2O. The van der Waals surface area contributed by atoms with E-state index >= 15 is 0 Å². The Hall–Kier alpha value is -1.81. The molecule has 1 amide bonds. The van der Waals surface area contributed by atoms with Gasteiger partial charge >= 0.3 is 0 Å². The molecule has 2 aromatic rings. The minimum atomic E-state index is -0.165. The van der Waals surface area contributed by atoms with Crippen LogP contribution in [0.15, 0.2) is 53.0 Å². The van der Waals surface area contributed by atoms with Crippen LogP contribution in [-0.4, -0.2) is 5.91 Å². The van der Waals surface area contributed by atoms with E-state index in [9.17, 15) is 4.79 Å². The number of anilines is 1. The highest BCUT2D eigenvalue weighted by Gasteiger charge is 2.14. The molecule has 0 heterocycles. The standard InChI is InChI=1S/C15H15BrN2O/c1-10(11-6-2-4-8-13(11)16)18-15(19)12-7-3-5-9-14(12)17/h2-10H,17H2,1H3,(H,18,19)/t10-/m0/s1. The number of benzene rings is 2. The molecule has 3 nitrogen and oxygen atoms in total. The van der Waals surface area contributed by atoms with Gasteiger partial charge in [-0.2, -0.15) is 0 Å². The fourth-order valence-electron chi connectivity index (χ4n) is 1.88. The molecule has 0 aromatic heterocycles. The number of hydrogen-bond acceptors (Lipinski definition) is 2. The number of halogens is 1. The van der Waals surface area contributed by atoms with Gasteiger partial charge in [-0.15, -0.1) is 0 Å². The molecule has 0 saturated carbocycles. The number of rotatable bonds is 3. The number of carbonyl (C=O) groups is 1. The first-order valence-electron chi connectivity index (χ1n) is 5.99. The average Bonchev–Trinajstić information content (AvgIpc) is 2.39. The van der Waals surface area contributed by atoms with Gasteiger partial charge in [0.15, 0.2) is 0 Å². The van der Waals surface area contributed by atoms with Crippen molar-refractivity contribution in [1.82, 2.24) is 5.32 Å². The maximum Gasteiger partial charge on any atom is 0.253 e. The van der Waals surface area contributed by atoms with E-state index in [-0.39, 0.29) is 11.9 Å². The maximum absolute atomic E-state index is 12.2. The van der Waals surface area contributed by atoms with E-state index in [4.69, 9.17) is 5.73 Å². The van der Waals surface area contributed by atoms with Crippen molar-refractivity contribution >= 4 is 27.5 Å². The number of para-hydroxylation sites is 1. The Morgan fingerprint density at radius 3 is 2.47 bits per heavy atom. The molecule has 0 spiro atoms. The molecule has 0 bridgehead atoms. The molecule has 2 aromatic carbocycles. The van der Waals surface area contributed by atoms with Crippen molar-refractivity contribution in [2.45, 2.75) is 13.0 Å². The lowest BCUT2D eigenvalue weighted by Gasteiger charge is -2.16. The summed E-state index contributed by atoms with van der Waals surface area (Å²) in [5.74, 6) is -0.165. The van der Waals surface area contributed by atoms with Crippen molar-refractivity contribution in [3.05, 3.63) is 64.1 Å². The molecule has 1 atom stereocenters. The summed E-state index contributed by atoms with van der Waals surface area (Å²) in [5, 5.41) is 2.95. The fourth-order valence-corrected chi connectivity index (χ4v) is 2.51. The largest absolute Gasteiger partial charge is 0.398 e. The van der Waals surface area contributed by atoms with E-state index < -0.39 is 0 Å². The van der Waals surface area contributed by atoms with E-state index in [0.717, 1.165) is 10.0 Å². The van der Waals surface area contributed by atoms with Gasteiger partial charge in [0.1, 0.15) is 0 Å². The summed E-state index contributed by atoms with van der Waals surface area (Å²) in [5.41, 5.74) is 7.82. The number of amides is 1. The van der Waals surface area contributed by atoms with Gasteiger partial charge in [-0.05, 0) is 30.7 Å². The van der Waals surface area contributed by atoms with Gasteiger partial charge in [-0.25, -0.2) is 0 Å². The summed E-state index contributed by atoms with van der Waals surface area (Å²) in [4.78, 5) is 12.2. The molecule has 0 unspecified atom stereocenters. The van der Waals surface area contributed by atoms with E-state index in [2.05, 4.69) is 21.2 Å². The highest BCUT2D eigenvalue weighted by atomic mass is 79.9. The molecule has 0 aliphatic carbocycles. The monoisotopic (exact) mass is 318 g/mol. The molecule has 0 aliphatic heterocycles. The zero-order chi connectivity index (χ0) is 13.8. The van der Waals surface area contributed by atoms with Crippen LogP contribution in [0.25, 0.3) is 0 Å². The Balaban J connectivity index is 2.16. The van der Waals surface area contributed by atoms with Crippen molar-refractivity contribution in [2.75, 3.05) is 5.73 Å². The van der Waals surface area contributed by atoms with E-state index in [0.29, 0.717) is 11.3 Å². The quantitative estimate of drug-likeness (QED) is 0.851. The first-order chi connectivity index (χ1) is 9.09. The summed E-state index contributed by atoms with van der Waals surface area (Å²) in [7, 11) is 0. The van der Waals surface area contributed by atoms with Crippen molar-refractivity contribution in [2.24, 2.45) is 0 Å². The first-order valence-corrected chi connectivity index (χ1v) is 6.78. The Bertz CT molecular complexity index is 598. The van der Waals surface area contributed by atoms with Crippen LogP contribution in [0.3, 0.4) is 0 Å². The first kappa shape index (κ1) is 13.6. The Kier molecular flexibility index (Phi) is 4.22. The highest BCUT2D eigenvalue weighted by Crippen LogP contribution is 2.23. The minimum Gasteiger partial charge on any atom is -0.398 e. The lowest BCUT2D eigenvalue weighted by atomic mass is 10.1. The molecule has 3 N–H and O–H groups in total. The van der Waals surface area contributed by atoms with Gasteiger partial charge < -0.3 is 11.1 Å². The molecule has 0 saturated heterocycles. The zero-order valence-corrected chi connectivity index (χ0v) is 12.1. The SMILES string of the molecule is C[C@H](NC(=O)c1ccccc1N)c1ccccc1Br. The minimum absolute atomic E-state index is 0.0947. The Morgan fingerprint density at radius 2 is 1.79 bits per heavy atom. The molecular weight excluding hydrogens is 304 g/mol. The van der Waals surface area contributed by atoms with Gasteiger partial charge in [-0.1, -0.05) is 46.3 Å². The van der Waals surface area contributed by atoms with Crippen molar-refractivity contribution in [1.29, 1.82) is 0 Å². The molecule has 0 aliphatic rings. The smallest absolute Gasteiger partial charge is 0.253 e. The van der Waals surface area contributed by atoms with E-state index in [1.807, 2.05) is 37.3 Å². The third kappa shape index (κ3) is 3.15. The van der Waals surface area contributed by atoms with Crippen LogP contribution in [0.5, 0.6) is 0 Å². The van der Waals surface area contributed by atoms with Crippen LogP contribution in [0, 0.1) is 0 Å². The lowest BCUT2D eigenvalue weighted by molar-refractivity contribution is 0.0940. The van der Waals surface area contributed by atoms with Gasteiger partial charge in [-0.3, -0.25) is 4.79 Å². The third-order valence-electron chi connectivity index (χ3n) is 2.92. The summed E-state index contributed by atoms with van der Waals surface area (Å²) >= 11 is 3.48. The molecule has 0 radical (unpaired) electrons. The third-order valence-corrected chi connectivity index (χ3v) is 3.65. The molecule has 98 valence electrons. The summed E-state index contributed by atoms with van der Waals surface area (Å²) in [6.07, 6.45) is 0. The van der Waals surface area contributed by atoms with Crippen LogP contribution in [0.2, 0.25) is 0 Å². The van der Waals surface area contributed by atoms with Crippen LogP contribution in [0.4, 0.5) is 5.69 Å². The maximum atomic E-state index is 12.2. The van der Waals surface area contributed by atoms with E-state index in [1.54, 1.807) is 18.2 Å². The van der Waals surface area contributed by atoms with Crippen molar-refractivity contribution in [3.63, 3.8) is 0 Å². The van der Waals surface area contributed by atoms with E-state index in [1.165, 1.54) is 0 Å².